The van der Waals surface area contributed by atoms with Crippen LogP contribution in [0.3, 0.4) is 0 Å². The number of benzene rings is 3. The topological polar surface area (TPSA) is 95.5 Å². The molecule has 0 aromatic heterocycles. The Hall–Kier alpha value is -3.75. The molecule has 0 unspecified atom stereocenters. The Bertz CT molecular complexity index is 1220. The maximum absolute atomic E-state index is 12.5. The molecule has 1 N–H and O–H groups in total. The van der Waals surface area contributed by atoms with Crippen LogP contribution in [-0.4, -0.2) is 38.4 Å². The number of hydrazone groups is 1. The van der Waals surface area contributed by atoms with Crippen molar-refractivity contribution < 1.29 is 28.5 Å². The smallest absolute Gasteiger partial charge is 0.345 e. The number of carbonyl (C=O) groups excluding carboxylic acids is 2. The summed E-state index contributed by atoms with van der Waals surface area (Å²) in [6.07, 6.45) is 1.43. The zero-order valence-electron chi connectivity index (χ0n) is 18.9. The molecule has 1 amide bonds. The van der Waals surface area contributed by atoms with Crippen LogP contribution in [0.2, 0.25) is 10.0 Å². The predicted molar refractivity (Wildman–Crippen MR) is 133 cm³/mol. The van der Waals surface area contributed by atoms with E-state index in [1.165, 1.54) is 18.3 Å². The first-order chi connectivity index (χ1) is 16.9. The molecule has 182 valence electrons. The van der Waals surface area contributed by atoms with E-state index in [-0.39, 0.29) is 22.9 Å². The van der Waals surface area contributed by atoms with Gasteiger partial charge in [0.1, 0.15) is 11.5 Å². The van der Waals surface area contributed by atoms with E-state index in [1.807, 2.05) is 0 Å². The molecule has 0 saturated heterocycles. The lowest BCUT2D eigenvalue weighted by atomic mass is 10.2. The average Bonchev–Trinajstić information content (AvgIpc) is 2.84. The largest absolute Gasteiger partial charge is 0.497 e. The minimum absolute atomic E-state index is 0.170. The average molecular weight is 517 g/mol. The van der Waals surface area contributed by atoms with E-state index in [0.717, 1.165) is 0 Å². The second-order valence-corrected chi connectivity index (χ2v) is 7.75. The van der Waals surface area contributed by atoms with Gasteiger partial charge in [-0.2, -0.15) is 5.10 Å². The lowest BCUT2D eigenvalue weighted by molar-refractivity contribution is -0.123. The molecule has 0 aliphatic carbocycles. The molecule has 0 saturated carbocycles. The van der Waals surface area contributed by atoms with Crippen molar-refractivity contribution in [3.63, 3.8) is 0 Å². The number of halogens is 2. The van der Waals surface area contributed by atoms with Crippen LogP contribution < -0.4 is 24.4 Å². The van der Waals surface area contributed by atoms with Crippen molar-refractivity contribution in [2.75, 3.05) is 20.3 Å². The van der Waals surface area contributed by atoms with Crippen LogP contribution >= 0.6 is 23.2 Å². The van der Waals surface area contributed by atoms with E-state index < -0.39 is 11.9 Å². The van der Waals surface area contributed by atoms with Crippen LogP contribution in [0.4, 0.5) is 0 Å². The first-order valence-corrected chi connectivity index (χ1v) is 11.2. The summed E-state index contributed by atoms with van der Waals surface area (Å²) < 4.78 is 21.5. The lowest BCUT2D eigenvalue weighted by Crippen LogP contribution is -2.24. The Morgan fingerprint density at radius 3 is 2.37 bits per heavy atom. The van der Waals surface area contributed by atoms with Gasteiger partial charge in [-0.1, -0.05) is 23.2 Å². The predicted octanol–water partition coefficient (Wildman–Crippen LogP) is 5.15. The number of nitrogens with one attached hydrogen (secondary N) is 1. The highest BCUT2D eigenvalue weighted by Gasteiger charge is 2.16. The Balaban J connectivity index is 1.59. The van der Waals surface area contributed by atoms with E-state index in [0.29, 0.717) is 34.4 Å². The van der Waals surface area contributed by atoms with Gasteiger partial charge in [-0.05, 0) is 73.2 Å². The molecule has 0 aliphatic heterocycles. The quantitative estimate of drug-likeness (QED) is 0.173. The number of methoxy groups -OCH3 is 1. The second-order valence-electron chi connectivity index (χ2n) is 6.91. The van der Waals surface area contributed by atoms with Crippen molar-refractivity contribution in [3.8, 4) is 23.0 Å². The van der Waals surface area contributed by atoms with E-state index in [9.17, 15) is 9.59 Å². The fraction of sp³-hybridized carbons (Fsp3) is 0.160. The van der Waals surface area contributed by atoms with Crippen molar-refractivity contribution in [2.45, 2.75) is 6.92 Å². The fourth-order valence-electron chi connectivity index (χ4n) is 2.80. The highest BCUT2D eigenvalue weighted by molar-refractivity contribution is 6.36. The van der Waals surface area contributed by atoms with Gasteiger partial charge in [-0.15, -0.1) is 0 Å². The zero-order chi connectivity index (χ0) is 25.2. The number of ether oxygens (including phenoxy) is 4. The van der Waals surface area contributed by atoms with Gasteiger partial charge in [0, 0.05) is 5.02 Å². The van der Waals surface area contributed by atoms with Crippen LogP contribution in [-0.2, 0) is 4.79 Å². The van der Waals surface area contributed by atoms with E-state index >= 15 is 0 Å². The molecule has 3 aromatic carbocycles. The number of hydrogen-bond acceptors (Lipinski definition) is 7. The first kappa shape index (κ1) is 25.9. The molecule has 0 aliphatic rings. The Morgan fingerprint density at radius 2 is 1.69 bits per heavy atom. The summed E-state index contributed by atoms with van der Waals surface area (Å²) in [6.45, 7) is 1.92. The van der Waals surface area contributed by atoms with Gasteiger partial charge in [-0.3, -0.25) is 4.79 Å². The van der Waals surface area contributed by atoms with Gasteiger partial charge in [0.25, 0.3) is 5.91 Å². The lowest BCUT2D eigenvalue weighted by Gasteiger charge is -2.12. The molecule has 0 heterocycles. The van der Waals surface area contributed by atoms with E-state index in [4.69, 9.17) is 42.1 Å². The van der Waals surface area contributed by atoms with Crippen molar-refractivity contribution in [1.29, 1.82) is 0 Å². The molecule has 35 heavy (non-hydrogen) atoms. The summed E-state index contributed by atoms with van der Waals surface area (Å²) in [7, 11) is 1.57. The van der Waals surface area contributed by atoms with Gasteiger partial charge < -0.3 is 18.9 Å². The second kappa shape index (κ2) is 12.6. The highest BCUT2D eigenvalue weighted by Crippen LogP contribution is 2.30. The molecule has 0 atom stereocenters. The number of carbonyl (C=O) groups is 2. The van der Waals surface area contributed by atoms with Crippen molar-refractivity contribution in [2.24, 2.45) is 5.10 Å². The molecule has 8 nitrogen and oxygen atoms in total. The summed E-state index contributed by atoms with van der Waals surface area (Å²) in [5, 5.41) is 4.51. The van der Waals surface area contributed by atoms with E-state index in [2.05, 4.69) is 10.5 Å². The fourth-order valence-corrected chi connectivity index (χ4v) is 3.29. The number of rotatable bonds is 10. The van der Waals surface area contributed by atoms with Crippen molar-refractivity contribution >= 4 is 41.3 Å². The van der Waals surface area contributed by atoms with Crippen molar-refractivity contribution in [1.82, 2.24) is 5.43 Å². The van der Waals surface area contributed by atoms with Gasteiger partial charge >= 0.3 is 5.97 Å². The van der Waals surface area contributed by atoms with Crippen LogP contribution in [0.5, 0.6) is 23.0 Å². The minimum atomic E-state index is -0.654. The SMILES string of the molecule is CCOc1cc(C=NNC(=O)COc2ccc(OC)cc2)ccc1OC(=O)c1ccc(Cl)cc1Cl. The molecular formula is C25H22Cl2N2O6. The molecular weight excluding hydrogens is 495 g/mol. The molecule has 0 bridgehead atoms. The van der Waals surface area contributed by atoms with Crippen LogP contribution in [0.25, 0.3) is 0 Å². The standard InChI is InChI=1S/C25H22Cl2N2O6/c1-3-33-23-12-16(4-11-22(23)35-25(31)20-10-5-17(26)13-21(20)27)14-28-29-24(30)15-34-19-8-6-18(32-2)7-9-19/h4-14H,3,15H2,1-2H3,(H,29,30). The third-order valence-corrected chi connectivity index (χ3v) is 5.00. The Morgan fingerprint density at radius 1 is 0.943 bits per heavy atom. The summed E-state index contributed by atoms with van der Waals surface area (Å²) in [5.74, 6) is 0.648. The number of amides is 1. The number of hydrogen-bond donors (Lipinski definition) is 1. The molecule has 0 fully saturated rings. The van der Waals surface area contributed by atoms with Gasteiger partial charge in [0.05, 0.1) is 30.5 Å². The summed E-state index contributed by atoms with van der Waals surface area (Å²) in [6, 6.07) is 16.2. The monoisotopic (exact) mass is 516 g/mol. The van der Waals surface area contributed by atoms with Crippen LogP contribution in [0, 0.1) is 0 Å². The van der Waals surface area contributed by atoms with Gasteiger partial charge in [0.15, 0.2) is 18.1 Å². The van der Waals surface area contributed by atoms with Gasteiger partial charge in [-0.25, -0.2) is 10.2 Å². The number of nitrogens with zero attached hydrogens (tertiary/aromatic N) is 1. The van der Waals surface area contributed by atoms with Crippen LogP contribution in [0.1, 0.15) is 22.8 Å². The summed E-state index contributed by atoms with van der Waals surface area (Å²) >= 11 is 12.0. The normalized spacial score (nSPS) is 10.6. The Kier molecular flexibility index (Phi) is 9.34. The van der Waals surface area contributed by atoms with Gasteiger partial charge in [0.2, 0.25) is 0 Å². The summed E-state index contributed by atoms with van der Waals surface area (Å²) in [5.41, 5.74) is 3.16. The Labute approximate surface area is 212 Å². The van der Waals surface area contributed by atoms with E-state index in [1.54, 1.807) is 62.6 Å². The van der Waals surface area contributed by atoms with Crippen LogP contribution in [0.15, 0.2) is 65.8 Å². The zero-order valence-corrected chi connectivity index (χ0v) is 20.4. The maximum Gasteiger partial charge on any atom is 0.345 e. The molecule has 3 aromatic rings. The molecule has 0 spiro atoms. The highest BCUT2D eigenvalue weighted by atomic mass is 35.5. The van der Waals surface area contributed by atoms with Crippen molar-refractivity contribution in [3.05, 3.63) is 81.8 Å². The number of esters is 1. The third-order valence-electron chi connectivity index (χ3n) is 4.45. The molecule has 0 radical (unpaired) electrons. The molecule has 3 rings (SSSR count). The maximum atomic E-state index is 12.5. The molecule has 10 heteroatoms. The minimum Gasteiger partial charge on any atom is -0.497 e. The summed E-state index contributed by atoms with van der Waals surface area (Å²) in [4.78, 5) is 24.5. The first-order valence-electron chi connectivity index (χ1n) is 10.4. The third kappa shape index (κ3) is 7.63.